The Morgan fingerprint density at radius 2 is 1.65 bits per heavy atom. The van der Waals surface area contributed by atoms with Crippen LogP contribution >= 0.6 is 0 Å². The molecule has 1 atom stereocenters. The zero-order valence-corrected chi connectivity index (χ0v) is 19.9. The second kappa shape index (κ2) is 9.71. The lowest BCUT2D eigenvalue weighted by Gasteiger charge is -2.38. The highest BCUT2D eigenvalue weighted by Crippen LogP contribution is 2.27. The maximum Gasteiger partial charge on any atom is 0.261 e. The monoisotopic (exact) mass is 459 g/mol. The number of nitrogens with zero attached hydrogens (tertiary/aromatic N) is 3. The molecule has 0 saturated carbocycles. The molecule has 0 aliphatic carbocycles. The molecule has 2 aromatic rings. The van der Waals surface area contributed by atoms with Crippen molar-refractivity contribution in [3.8, 4) is 0 Å². The number of likely N-dealkylation sites (tertiary alicyclic amines) is 2. The largest absolute Gasteiger partial charge is 0.338 e. The molecule has 34 heavy (non-hydrogen) atoms. The number of fused-ring (bicyclic) bond motifs is 1. The van der Waals surface area contributed by atoms with E-state index in [0.29, 0.717) is 22.6 Å². The highest BCUT2D eigenvalue weighted by molar-refractivity contribution is 6.22. The van der Waals surface area contributed by atoms with Crippen molar-refractivity contribution in [1.82, 2.24) is 14.7 Å². The number of carbonyl (C=O) groups excluding carboxylic acids is 3. The Bertz CT molecular complexity index is 1080. The first-order valence-electron chi connectivity index (χ1n) is 12.6. The van der Waals surface area contributed by atoms with Crippen molar-refractivity contribution in [2.45, 2.75) is 39.2 Å². The summed E-state index contributed by atoms with van der Waals surface area (Å²) in [7, 11) is 0. The fourth-order valence-electron chi connectivity index (χ4n) is 5.52. The van der Waals surface area contributed by atoms with Gasteiger partial charge in [0.05, 0.1) is 17.7 Å². The number of hydrogen-bond donors (Lipinski definition) is 0. The number of hydrogen-bond acceptors (Lipinski definition) is 4. The normalized spacial score (nSPS) is 21.7. The summed E-state index contributed by atoms with van der Waals surface area (Å²) in [5, 5.41) is 0. The molecule has 2 aromatic carbocycles. The fourth-order valence-corrected chi connectivity index (χ4v) is 5.52. The van der Waals surface area contributed by atoms with Gasteiger partial charge in [-0.15, -0.1) is 0 Å². The summed E-state index contributed by atoms with van der Waals surface area (Å²) in [6, 6.07) is 14.5. The minimum atomic E-state index is -0.325. The van der Waals surface area contributed by atoms with E-state index in [1.807, 2.05) is 35.2 Å². The fraction of sp³-hybridized carbons (Fsp3) is 0.464. The molecular weight excluding hydrogens is 426 g/mol. The summed E-state index contributed by atoms with van der Waals surface area (Å²) in [5.74, 6) is 0.649. The van der Waals surface area contributed by atoms with E-state index in [2.05, 4.69) is 11.8 Å². The molecule has 0 N–H and O–H groups in total. The molecule has 0 spiro atoms. The Balaban J connectivity index is 1.26. The lowest BCUT2D eigenvalue weighted by molar-refractivity contribution is 0.0620. The Morgan fingerprint density at radius 3 is 2.41 bits per heavy atom. The van der Waals surface area contributed by atoms with Crippen LogP contribution in [0.15, 0.2) is 48.5 Å². The van der Waals surface area contributed by atoms with Crippen LogP contribution in [0.3, 0.4) is 0 Å². The number of amides is 3. The molecule has 1 unspecified atom stereocenters. The van der Waals surface area contributed by atoms with Crippen molar-refractivity contribution >= 4 is 17.7 Å². The van der Waals surface area contributed by atoms with E-state index in [-0.39, 0.29) is 24.3 Å². The first-order chi connectivity index (χ1) is 16.5. The van der Waals surface area contributed by atoms with E-state index in [1.165, 1.54) is 17.7 Å². The van der Waals surface area contributed by atoms with Crippen LogP contribution in [0.2, 0.25) is 0 Å². The minimum absolute atomic E-state index is 0.0403. The Kier molecular flexibility index (Phi) is 6.50. The van der Waals surface area contributed by atoms with E-state index in [0.717, 1.165) is 57.0 Å². The van der Waals surface area contributed by atoms with Crippen molar-refractivity contribution in [3.63, 3.8) is 0 Å². The number of piperidine rings is 2. The lowest BCUT2D eigenvalue weighted by atomic mass is 9.94. The van der Waals surface area contributed by atoms with Crippen LogP contribution in [0.4, 0.5) is 0 Å². The van der Waals surface area contributed by atoms with E-state index in [1.54, 1.807) is 18.2 Å². The van der Waals surface area contributed by atoms with Gasteiger partial charge in [0.25, 0.3) is 17.7 Å². The van der Waals surface area contributed by atoms with Crippen molar-refractivity contribution in [3.05, 3.63) is 70.8 Å². The predicted molar refractivity (Wildman–Crippen MR) is 131 cm³/mol. The SMILES string of the molecule is CC1CCN(CC2CCCN(C(=O)c3ccc4c(c3)C(=O)N(Cc3ccccc3)C4=O)C2)CC1. The van der Waals surface area contributed by atoms with Gasteiger partial charge in [-0.25, -0.2) is 0 Å². The van der Waals surface area contributed by atoms with Crippen molar-refractivity contribution in [2.75, 3.05) is 32.7 Å². The van der Waals surface area contributed by atoms with Crippen LogP contribution in [0.5, 0.6) is 0 Å². The molecule has 0 bridgehead atoms. The molecule has 3 aliphatic rings. The van der Waals surface area contributed by atoms with Crippen LogP contribution in [0.1, 0.15) is 69.2 Å². The summed E-state index contributed by atoms with van der Waals surface area (Å²) in [5.41, 5.74) is 2.11. The van der Waals surface area contributed by atoms with Gasteiger partial charge in [-0.1, -0.05) is 37.3 Å². The molecule has 6 nitrogen and oxygen atoms in total. The molecule has 3 heterocycles. The molecule has 3 aliphatic heterocycles. The summed E-state index contributed by atoms with van der Waals surface area (Å²) in [6.45, 7) is 7.44. The first-order valence-corrected chi connectivity index (χ1v) is 12.6. The van der Waals surface area contributed by atoms with Gasteiger partial charge in [0.15, 0.2) is 0 Å². The van der Waals surface area contributed by atoms with Crippen LogP contribution in [-0.2, 0) is 6.54 Å². The average Bonchev–Trinajstić information content (AvgIpc) is 3.10. The molecule has 0 aromatic heterocycles. The zero-order chi connectivity index (χ0) is 23.7. The molecule has 5 rings (SSSR count). The van der Waals surface area contributed by atoms with E-state index < -0.39 is 0 Å². The zero-order valence-electron chi connectivity index (χ0n) is 19.9. The number of benzene rings is 2. The molecule has 0 radical (unpaired) electrons. The highest BCUT2D eigenvalue weighted by Gasteiger charge is 2.36. The van der Waals surface area contributed by atoms with E-state index >= 15 is 0 Å². The standard InChI is InChI=1S/C28H33N3O3/c1-20-11-14-29(15-12-20)17-22-8-5-13-30(18-22)26(32)23-9-10-24-25(16-23)28(34)31(27(24)33)19-21-6-3-2-4-7-21/h2-4,6-7,9-10,16,20,22H,5,8,11-15,17-19H2,1H3. The lowest BCUT2D eigenvalue weighted by Crippen LogP contribution is -2.45. The van der Waals surface area contributed by atoms with Crippen LogP contribution in [0.25, 0.3) is 0 Å². The second-order valence-corrected chi connectivity index (χ2v) is 10.2. The van der Waals surface area contributed by atoms with Gasteiger partial charge in [-0.2, -0.15) is 0 Å². The molecule has 2 saturated heterocycles. The third-order valence-corrected chi connectivity index (χ3v) is 7.60. The van der Waals surface area contributed by atoms with Gasteiger partial charge in [0.1, 0.15) is 0 Å². The predicted octanol–water partition coefficient (Wildman–Crippen LogP) is 4.07. The van der Waals surface area contributed by atoms with Crippen LogP contribution in [0, 0.1) is 11.8 Å². The smallest absolute Gasteiger partial charge is 0.261 e. The maximum absolute atomic E-state index is 13.3. The summed E-state index contributed by atoms with van der Waals surface area (Å²) in [4.78, 5) is 45.0. The highest BCUT2D eigenvalue weighted by atomic mass is 16.2. The number of rotatable bonds is 5. The summed E-state index contributed by atoms with van der Waals surface area (Å²) in [6.07, 6.45) is 4.69. The van der Waals surface area contributed by atoms with Crippen LogP contribution in [-0.4, -0.2) is 65.1 Å². The first kappa shape index (κ1) is 22.8. The van der Waals surface area contributed by atoms with Gasteiger partial charge in [-0.3, -0.25) is 19.3 Å². The second-order valence-electron chi connectivity index (χ2n) is 10.2. The quantitative estimate of drug-likeness (QED) is 0.633. The summed E-state index contributed by atoms with van der Waals surface area (Å²) >= 11 is 0. The molecule has 6 heteroatoms. The third-order valence-electron chi connectivity index (χ3n) is 7.60. The molecule has 3 amide bonds. The Labute approximate surface area is 201 Å². The van der Waals surface area contributed by atoms with Crippen molar-refractivity contribution in [1.29, 1.82) is 0 Å². The molecular formula is C28H33N3O3. The minimum Gasteiger partial charge on any atom is -0.338 e. The third kappa shape index (κ3) is 4.64. The van der Waals surface area contributed by atoms with Gasteiger partial charge >= 0.3 is 0 Å². The van der Waals surface area contributed by atoms with E-state index in [4.69, 9.17) is 0 Å². The van der Waals surface area contributed by atoms with Crippen molar-refractivity contribution < 1.29 is 14.4 Å². The number of carbonyl (C=O) groups is 3. The average molecular weight is 460 g/mol. The number of imide groups is 1. The Morgan fingerprint density at radius 1 is 0.912 bits per heavy atom. The van der Waals surface area contributed by atoms with Crippen molar-refractivity contribution in [2.24, 2.45) is 11.8 Å². The Hall–Kier alpha value is -2.99. The van der Waals surface area contributed by atoms with E-state index in [9.17, 15) is 14.4 Å². The summed E-state index contributed by atoms with van der Waals surface area (Å²) < 4.78 is 0. The van der Waals surface area contributed by atoms with Gasteiger partial charge in [0.2, 0.25) is 0 Å². The van der Waals surface area contributed by atoms with Gasteiger partial charge in [-0.05, 0) is 74.4 Å². The molecule has 2 fully saturated rings. The molecule has 178 valence electrons. The maximum atomic E-state index is 13.3. The topological polar surface area (TPSA) is 60.9 Å². The van der Waals surface area contributed by atoms with Crippen LogP contribution < -0.4 is 0 Å². The van der Waals surface area contributed by atoms with Gasteiger partial charge < -0.3 is 9.80 Å². The van der Waals surface area contributed by atoms with Gasteiger partial charge in [0, 0.05) is 25.2 Å².